The van der Waals surface area contributed by atoms with E-state index < -0.39 is 5.82 Å². The van der Waals surface area contributed by atoms with E-state index in [2.05, 4.69) is 4.57 Å². The largest absolute Gasteiger partial charge is 0.327 e. The molecule has 144 valence electrons. The molecule has 0 atom stereocenters. The number of hydrogen-bond donors (Lipinski definition) is 0. The maximum absolute atomic E-state index is 14.2. The fraction of sp³-hybridized carbons (Fsp3) is 0.273. The quantitative estimate of drug-likeness (QED) is 0.597. The summed E-state index contributed by atoms with van der Waals surface area (Å²) in [5.74, 6) is 0.0383. The van der Waals surface area contributed by atoms with Gasteiger partial charge in [0.25, 0.3) is 5.91 Å². The molecule has 0 bridgehead atoms. The molecule has 0 spiro atoms. The van der Waals surface area contributed by atoms with Crippen molar-refractivity contribution in [3.63, 3.8) is 0 Å². The number of carbonyl (C=O) groups excluding carboxylic acids is 1. The molecule has 0 radical (unpaired) electrons. The Morgan fingerprint density at radius 1 is 1.11 bits per heavy atom. The van der Waals surface area contributed by atoms with Crippen LogP contribution in [-0.4, -0.2) is 22.5 Å². The van der Waals surface area contributed by atoms with Crippen LogP contribution in [0.2, 0.25) is 5.02 Å². The van der Waals surface area contributed by atoms with Crippen LogP contribution >= 0.6 is 11.6 Å². The molecule has 3 aromatic rings. The maximum atomic E-state index is 14.2. The summed E-state index contributed by atoms with van der Waals surface area (Å²) in [5.41, 5.74) is 2.49. The number of nitrogens with zero attached hydrogens (tertiary/aromatic N) is 3. The number of fused-ring (bicyclic) bond motifs is 1. The summed E-state index contributed by atoms with van der Waals surface area (Å²) in [6.45, 7) is 0.816. The number of halogens is 2. The lowest BCUT2D eigenvalue weighted by Gasteiger charge is -2.17. The summed E-state index contributed by atoms with van der Waals surface area (Å²) in [7, 11) is 1.59. The van der Waals surface area contributed by atoms with Gasteiger partial charge in [-0.05, 0) is 55.7 Å². The van der Waals surface area contributed by atoms with Gasteiger partial charge in [-0.1, -0.05) is 30.2 Å². The molecule has 28 heavy (non-hydrogen) atoms. The number of benzene rings is 2. The molecule has 0 aliphatic carbocycles. The molecule has 0 saturated heterocycles. The van der Waals surface area contributed by atoms with Crippen molar-refractivity contribution in [2.24, 2.45) is 0 Å². The van der Waals surface area contributed by atoms with Crippen LogP contribution in [0.15, 0.2) is 48.5 Å². The molecule has 0 saturated carbocycles. The van der Waals surface area contributed by atoms with Crippen LogP contribution in [0.5, 0.6) is 0 Å². The molecule has 2 heterocycles. The third-order valence-corrected chi connectivity index (χ3v) is 5.44. The molecule has 6 heteroatoms. The Bertz CT molecular complexity index is 1010. The minimum absolute atomic E-state index is 0.246. The molecule has 0 fully saturated rings. The number of anilines is 1. The topological polar surface area (TPSA) is 38.1 Å². The third-order valence-electron chi connectivity index (χ3n) is 5.19. The summed E-state index contributed by atoms with van der Waals surface area (Å²) in [6.07, 6.45) is 3.95. The molecule has 1 aliphatic rings. The fourth-order valence-corrected chi connectivity index (χ4v) is 3.83. The van der Waals surface area contributed by atoms with E-state index in [1.165, 1.54) is 11.0 Å². The molecule has 1 aliphatic heterocycles. The van der Waals surface area contributed by atoms with Gasteiger partial charge in [0.05, 0.1) is 11.4 Å². The number of rotatable bonds is 3. The highest BCUT2D eigenvalue weighted by atomic mass is 35.5. The number of amides is 1. The molecule has 2 aromatic carbocycles. The van der Waals surface area contributed by atoms with Gasteiger partial charge in [-0.3, -0.25) is 4.79 Å². The van der Waals surface area contributed by atoms with Gasteiger partial charge in [0, 0.05) is 24.2 Å². The van der Waals surface area contributed by atoms with Crippen molar-refractivity contribution in [1.29, 1.82) is 0 Å². The number of carbonyl (C=O) groups is 1. The zero-order valence-electron chi connectivity index (χ0n) is 15.7. The zero-order valence-corrected chi connectivity index (χ0v) is 16.4. The van der Waals surface area contributed by atoms with E-state index in [9.17, 15) is 9.18 Å². The van der Waals surface area contributed by atoms with Gasteiger partial charge in [-0.2, -0.15) is 0 Å². The van der Waals surface area contributed by atoms with Crippen molar-refractivity contribution in [1.82, 2.24) is 9.55 Å². The summed E-state index contributed by atoms with van der Waals surface area (Å²) < 4.78 is 16.3. The predicted molar refractivity (Wildman–Crippen MR) is 109 cm³/mol. The highest BCUT2D eigenvalue weighted by Gasteiger charge is 2.27. The second-order valence-corrected chi connectivity index (χ2v) is 7.45. The van der Waals surface area contributed by atoms with Crippen molar-refractivity contribution >= 4 is 23.2 Å². The van der Waals surface area contributed by atoms with E-state index in [0.29, 0.717) is 10.7 Å². The monoisotopic (exact) mass is 397 g/mol. The van der Waals surface area contributed by atoms with Crippen LogP contribution in [0.25, 0.3) is 11.4 Å². The molecule has 0 unspecified atom stereocenters. The van der Waals surface area contributed by atoms with Gasteiger partial charge in [0.15, 0.2) is 5.69 Å². The van der Waals surface area contributed by atoms with Gasteiger partial charge < -0.3 is 9.47 Å². The van der Waals surface area contributed by atoms with Crippen molar-refractivity contribution in [3.05, 3.63) is 70.8 Å². The lowest BCUT2D eigenvalue weighted by molar-refractivity contribution is 0.0987. The van der Waals surface area contributed by atoms with E-state index in [4.69, 9.17) is 16.6 Å². The number of para-hydroxylation sites is 1. The minimum Gasteiger partial charge on any atom is -0.327 e. The Balaban J connectivity index is 1.79. The molecular formula is C22H21ClFN3O. The highest BCUT2D eigenvalue weighted by Crippen LogP contribution is 2.29. The van der Waals surface area contributed by atoms with Gasteiger partial charge >= 0.3 is 0 Å². The Kier molecular flexibility index (Phi) is 5.18. The summed E-state index contributed by atoms with van der Waals surface area (Å²) in [6, 6.07) is 13.8. The number of aromatic nitrogens is 2. The fourth-order valence-electron chi connectivity index (χ4n) is 3.70. The third kappa shape index (κ3) is 3.42. The first kappa shape index (κ1) is 18.7. The highest BCUT2D eigenvalue weighted by molar-refractivity contribution is 6.30. The standard InChI is InChI=1S/C22H21ClFN3O/c1-26(18-8-5-4-7-17(18)24)22(28)20-19-9-3-2-6-14-27(19)21(25-20)15-10-12-16(23)13-11-15/h4-5,7-8,10-13H,2-3,6,9,14H2,1H3. The lowest BCUT2D eigenvalue weighted by Crippen LogP contribution is -2.28. The van der Waals surface area contributed by atoms with Crippen LogP contribution in [0, 0.1) is 5.82 Å². The summed E-state index contributed by atoms with van der Waals surface area (Å²) in [5, 5.41) is 0.655. The van der Waals surface area contributed by atoms with Crippen LogP contribution in [0.1, 0.15) is 35.4 Å². The predicted octanol–water partition coefficient (Wildman–Crippen LogP) is 5.35. The molecule has 1 aromatic heterocycles. The van der Waals surface area contributed by atoms with Gasteiger partial charge in [0.1, 0.15) is 11.6 Å². The van der Waals surface area contributed by atoms with E-state index in [0.717, 1.165) is 49.3 Å². The molecule has 4 rings (SSSR count). The van der Waals surface area contributed by atoms with Crippen LogP contribution in [0.3, 0.4) is 0 Å². The molecule has 0 N–H and O–H groups in total. The Morgan fingerprint density at radius 2 is 1.86 bits per heavy atom. The Hall–Kier alpha value is -2.66. The number of hydrogen-bond acceptors (Lipinski definition) is 2. The Labute approximate surface area is 168 Å². The SMILES string of the molecule is CN(C(=O)c1nc(-c2ccc(Cl)cc2)n2c1CCCCC2)c1ccccc1F. The van der Waals surface area contributed by atoms with Crippen molar-refractivity contribution in [2.45, 2.75) is 32.2 Å². The first-order chi connectivity index (χ1) is 13.6. The summed E-state index contributed by atoms with van der Waals surface area (Å²) >= 11 is 6.02. The minimum atomic E-state index is -0.429. The Morgan fingerprint density at radius 3 is 2.61 bits per heavy atom. The van der Waals surface area contributed by atoms with Crippen molar-refractivity contribution in [3.8, 4) is 11.4 Å². The van der Waals surface area contributed by atoms with E-state index >= 15 is 0 Å². The van der Waals surface area contributed by atoms with E-state index in [-0.39, 0.29) is 11.6 Å². The van der Waals surface area contributed by atoms with E-state index in [1.54, 1.807) is 25.2 Å². The smallest absolute Gasteiger partial charge is 0.278 e. The van der Waals surface area contributed by atoms with Gasteiger partial charge in [-0.25, -0.2) is 9.37 Å². The van der Waals surface area contributed by atoms with Crippen molar-refractivity contribution < 1.29 is 9.18 Å². The molecular weight excluding hydrogens is 377 g/mol. The lowest BCUT2D eigenvalue weighted by atomic mass is 10.1. The zero-order chi connectivity index (χ0) is 19.7. The van der Waals surface area contributed by atoms with Crippen LogP contribution in [0.4, 0.5) is 10.1 Å². The average Bonchev–Trinajstić information content (AvgIpc) is 2.89. The normalized spacial score (nSPS) is 13.7. The second kappa shape index (κ2) is 7.76. The second-order valence-electron chi connectivity index (χ2n) is 7.02. The average molecular weight is 398 g/mol. The van der Waals surface area contributed by atoms with Crippen molar-refractivity contribution in [2.75, 3.05) is 11.9 Å². The van der Waals surface area contributed by atoms with Gasteiger partial charge in [-0.15, -0.1) is 0 Å². The molecule has 4 nitrogen and oxygen atoms in total. The number of imidazole rings is 1. The van der Waals surface area contributed by atoms with Gasteiger partial charge in [0.2, 0.25) is 0 Å². The van der Waals surface area contributed by atoms with E-state index in [1.807, 2.05) is 24.3 Å². The van der Waals surface area contributed by atoms with Crippen LogP contribution in [-0.2, 0) is 13.0 Å². The maximum Gasteiger partial charge on any atom is 0.278 e. The first-order valence-electron chi connectivity index (χ1n) is 9.44. The first-order valence-corrected chi connectivity index (χ1v) is 9.82. The summed E-state index contributed by atoms with van der Waals surface area (Å²) in [4.78, 5) is 19.3. The van der Waals surface area contributed by atoms with Crippen LogP contribution < -0.4 is 4.90 Å². The molecule has 1 amide bonds.